The average Bonchev–Trinajstić information content (AvgIpc) is 3.04. The summed E-state index contributed by atoms with van der Waals surface area (Å²) in [6.45, 7) is 2.03. The number of rotatable bonds is 5. The van der Waals surface area contributed by atoms with Gasteiger partial charge in [-0.05, 0) is 37.0 Å². The Bertz CT molecular complexity index is 512. The van der Waals surface area contributed by atoms with Crippen molar-refractivity contribution >= 4 is 5.91 Å². The summed E-state index contributed by atoms with van der Waals surface area (Å²) in [5, 5.41) is 3.06. The summed E-state index contributed by atoms with van der Waals surface area (Å²) in [6.07, 6.45) is 4.16. The fraction of sp³-hybridized carbons (Fsp3) is 0.611. The number of carbonyl (C=O) groups excluding carboxylic acids is 1. The van der Waals surface area contributed by atoms with Crippen molar-refractivity contribution in [1.29, 1.82) is 0 Å². The van der Waals surface area contributed by atoms with Crippen molar-refractivity contribution in [2.45, 2.75) is 37.9 Å². The normalized spacial score (nSPS) is 20.6. The Kier molecular flexibility index (Phi) is 5.18. The van der Waals surface area contributed by atoms with Crippen LogP contribution in [0.2, 0.25) is 0 Å². The topological polar surface area (TPSA) is 56.8 Å². The molecule has 0 radical (unpaired) electrons. The van der Waals surface area contributed by atoms with Crippen LogP contribution in [0.4, 0.5) is 0 Å². The molecule has 2 aliphatic rings. The molecule has 0 atom stereocenters. The maximum atomic E-state index is 12.3. The molecule has 126 valence electrons. The van der Waals surface area contributed by atoms with Gasteiger partial charge in [-0.2, -0.15) is 0 Å². The number of hydrogen-bond acceptors (Lipinski definition) is 4. The maximum Gasteiger partial charge on any atom is 0.223 e. The highest BCUT2D eigenvalue weighted by Gasteiger charge is 2.41. The van der Waals surface area contributed by atoms with E-state index in [4.69, 9.17) is 14.2 Å². The van der Waals surface area contributed by atoms with Gasteiger partial charge in [0.2, 0.25) is 5.91 Å². The molecule has 3 rings (SSSR count). The quantitative estimate of drug-likeness (QED) is 0.905. The molecular weight excluding hydrogens is 294 g/mol. The van der Waals surface area contributed by atoms with Gasteiger partial charge >= 0.3 is 0 Å². The summed E-state index contributed by atoms with van der Waals surface area (Å²) >= 11 is 0. The van der Waals surface area contributed by atoms with Gasteiger partial charge in [-0.1, -0.05) is 12.1 Å². The summed E-state index contributed by atoms with van der Waals surface area (Å²) in [4.78, 5) is 12.3. The van der Waals surface area contributed by atoms with Crippen LogP contribution in [0.3, 0.4) is 0 Å². The van der Waals surface area contributed by atoms with Gasteiger partial charge in [0.25, 0.3) is 0 Å². The highest BCUT2D eigenvalue weighted by Crippen LogP contribution is 2.38. The molecule has 2 fully saturated rings. The summed E-state index contributed by atoms with van der Waals surface area (Å²) in [6, 6.07) is 7.95. The fourth-order valence-electron chi connectivity index (χ4n) is 3.37. The smallest absolute Gasteiger partial charge is 0.223 e. The van der Waals surface area contributed by atoms with Crippen LogP contribution in [-0.2, 0) is 20.7 Å². The van der Waals surface area contributed by atoms with Crippen LogP contribution in [0.5, 0.6) is 5.75 Å². The lowest BCUT2D eigenvalue weighted by molar-refractivity contribution is -0.183. The molecule has 1 spiro atoms. The van der Waals surface area contributed by atoms with Crippen molar-refractivity contribution in [1.82, 2.24) is 5.32 Å². The Morgan fingerprint density at radius 1 is 1.22 bits per heavy atom. The minimum absolute atomic E-state index is 0.0873. The molecule has 1 amide bonds. The first-order valence-electron chi connectivity index (χ1n) is 8.39. The molecule has 1 aliphatic heterocycles. The molecule has 1 aromatic carbocycles. The van der Waals surface area contributed by atoms with E-state index >= 15 is 0 Å². The van der Waals surface area contributed by atoms with Crippen LogP contribution in [0.1, 0.15) is 31.2 Å². The molecule has 1 heterocycles. The highest BCUT2D eigenvalue weighted by molar-refractivity contribution is 5.78. The standard InChI is InChI=1S/C18H25NO4/c1-21-16-4-2-14(3-5-16)8-11-19-17(20)15-6-9-18(10-7-15)22-12-13-23-18/h2-5,15H,6-13H2,1H3,(H,19,20). The molecule has 23 heavy (non-hydrogen) atoms. The number of ether oxygens (including phenoxy) is 3. The lowest BCUT2D eigenvalue weighted by atomic mass is 9.84. The minimum atomic E-state index is -0.389. The molecule has 0 unspecified atom stereocenters. The van der Waals surface area contributed by atoms with Crippen molar-refractivity contribution < 1.29 is 19.0 Å². The molecule has 5 heteroatoms. The van der Waals surface area contributed by atoms with Gasteiger partial charge < -0.3 is 19.5 Å². The van der Waals surface area contributed by atoms with Gasteiger partial charge in [0.1, 0.15) is 5.75 Å². The van der Waals surface area contributed by atoms with Crippen LogP contribution in [0.15, 0.2) is 24.3 Å². The fourth-order valence-corrected chi connectivity index (χ4v) is 3.37. The molecular formula is C18H25NO4. The first-order valence-corrected chi connectivity index (χ1v) is 8.39. The second-order valence-electron chi connectivity index (χ2n) is 6.27. The molecule has 0 bridgehead atoms. The average molecular weight is 319 g/mol. The second kappa shape index (κ2) is 7.32. The molecule has 1 saturated carbocycles. The third kappa shape index (κ3) is 4.03. The Labute approximate surface area is 137 Å². The van der Waals surface area contributed by atoms with Crippen LogP contribution in [0, 0.1) is 5.92 Å². The SMILES string of the molecule is COc1ccc(CCNC(=O)C2CCC3(CC2)OCCO3)cc1. The summed E-state index contributed by atoms with van der Waals surface area (Å²) < 4.78 is 16.5. The highest BCUT2D eigenvalue weighted by atomic mass is 16.7. The monoisotopic (exact) mass is 319 g/mol. The number of nitrogens with one attached hydrogen (secondary N) is 1. The predicted molar refractivity (Wildman–Crippen MR) is 86.3 cm³/mol. The Morgan fingerprint density at radius 2 is 1.87 bits per heavy atom. The van der Waals surface area contributed by atoms with Gasteiger partial charge in [0.05, 0.1) is 20.3 Å². The summed E-state index contributed by atoms with van der Waals surface area (Å²) in [7, 11) is 1.66. The molecule has 0 aromatic heterocycles. The first kappa shape index (κ1) is 16.3. The molecule has 1 aliphatic carbocycles. The van der Waals surface area contributed by atoms with Crippen molar-refractivity contribution in [3.63, 3.8) is 0 Å². The van der Waals surface area contributed by atoms with E-state index in [2.05, 4.69) is 5.32 Å². The molecule has 1 aromatic rings. The Hall–Kier alpha value is -1.59. The van der Waals surface area contributed by atoms with Gasteiger partial charge in [-0.3, -0.25) is 4.79 Å². The number of amides is 1. The van der Waals surface area contributed by atoms with E-state index in [0.29, 0.717) is 19.8 Å². The maximum absolute atomic E-state index is 12.3. The van der Waals surface area contributed by atoms with E-state index < -0.39 is 0 Å². The summed E-state index contributed by atoms with van der Waals surface area (Å²) in [5.74, 6) is 0.709. The van der Waals surface area contributed by atoms with E-state index in [1.54, 1.807) is 7.11 Å². The molecule has 1 saturated heterocycles. The van der Waals surface area contributed by atoms with Crippen LogP contribution in [0.25, 0.3) is 0 Å². The lowest BCUT2D eigenvalue weighted by Gasteiger charge is -2.34. The Balaban J connectivity index is 1.39. The first-order chi connectivity index (χ1) is 11.2. The number of methoxy groups -OCH3 is 1. The van der Waals surface area contributed by atoms with E-state index in [-0.39, 0.29) is 17.6 Å². The van der Waals surface area contributed by atoms with Gasteiger partial charge in [0, 0.05) is 25.3 Å². The van der Waals surface area contributed by atoms with Crippen molar-refractivity contribution in [3.8, 4) is 5.75 Å². The zero-order valence-electron chi connectivity index (χ0n) is 13.7. The van der Waals surface area contributed by atoms with Gasteiger partial charge in [-0.15, -0.1) is 0 Å². The lowest BCUT2D eigenvalue weighted by Crippen LogP contribution is -2.40. The molecule has 1 N–H and O–H groups in total. The number of benzene rings is 1. The van der Waals surface area contributed by atoms with E-state index in [0.717, 1.165) is 37.9 Å². The third-order valence-electron chi connectivity index (χ3n) is 4.80. The second-order valence-corrected chi connectivity index (χ2v) is 6.27. The third-order valence-corrected chi connectivity index (χ3v) is 4.80. The van der Waals surface area contributed by atoms with Crippen molar-refractivity contribution in [3.05, 3.63) is 29.8 Å². The Morgan fingerprint density at radius 3 is 2.48 bits per heavy atom. The van der Waals surface area contributed by atoms with Crippen molar-refractivity contribution in [2.24, 2.45) is 5.92 Å². The van der Waals surface area contributed by atoms with Crippen LogP contribution in [-0.4, -0.2) is 38.6 Å². The predicted octanol–water partition coefficient (Wildman–Crippen LogP) is 2.29. The van der Waals surface area contributed by atoms with Crippen molar-refractivity contribution in [2.75, 3.05) is 26.9 Å². The largest absolute Gasteiger partial charge is 0.497 e. The minimum Gasteiger partial charge on any atom is -0.497 e. The van der Waals surface area contributed by atoms with E-state index in [9.17, 15) is 4.79 Å². The number of hydrogen-bond donors (Lipinski definition) is 1. The van der Waals surface area contributed by atoms with Gasteiger partial charge in [-0.25, -0.2) is 0 Å². The van der Waals surface area contributed by atoms with Crippen LogP contribution >= 0.6 is 0 Å². The summed E-state index contributed by atoms with van der Waals surface area (Å²) in [5.41, 5.74) is 1.20. The molecule has 5 nitrogen and oxygen atoms in total. The number of carbonyl (C=O) groups is 1. The van der Waals surface area contributed by atoms with Gasteiger partial charge in [0.15, 0.2) is 5.79 Å². The van der Waals surface area contributed by atoms with E-state index in [1.165, 1.54) is 5.56 Å². The van der Waals surface area contributed by atoms with Crippen LogP contribution < -0.4 is 10.1 Å². The zero-order valence-corrected chi connectivity index (χ0v) is 13.7. The van der Waals surface area contributed by atoms with E-state index in [1.807, 2.05) is 24.3 Å². The zero-order chi connectivity index (χ0) is 16.1.